The fourth-order valence-electron chi connectivity index (χ4n) is 1.74. The van der Waals surface area contributed by atoms with Gasteiger partial charge in [-0.3, -0.25) is 0 Å². The number of methoxy groups -OCH3 is 1. The molecule has 0 aliphatic heterocycles. The van der Waals surface area contributed by atoms with Crippen LogP contribution in [0.3, 0.4) is 0 Å². The van der Waals surface area contributed by atoms with Crippen LogP contribution < -0.4 is 10.5 Å². The molecule has 4 heteroatoms. The number of benzene rings is 1. The molecule has 2 aromatic rings. The van der Waals surface area contributed by atoms with Crippen molar-refractivity contribution in [3.05, 3.63) is 50.1 Å². The average molecular weight is 312 g/mol. The topological polar surface area (TPSA) is 35.2 Å². The van der Waals surface area contributed by atoms with Crippen LogP contribution in [-0.2, 0) is 0 Å². The summed E-state index contributed by atoms with van der Waals surface area (Å²) in [7, 11) is 1.67. The normalized spacial score (nSPS) is 12.5. The Bertz CT molecular complexity index is 524. The molecule has 0 aliphatic carbocycles. The Morgan fingerprint density at radius 1 is 1.35 bits per heavy atom. The second kappa shape index (κ2) is 5.21. The molecule has 0 radical (unpaired) electrons. The Morgan fingerprint density at radius 2 is 2.12 bits per heavy atom. The highest BCUT2D eigenvalue weighted by Gasteiger charge is 2.15. The first-order valence-corrected chi connectivity index (χ1v) is 6.93. The lowest BCUT2D eigenvalue weighted by atomic mass is 10.0. The maximum atomic E-state index is 6.28. The zero-order valence-electron chi connectivity index (χ0n) is 9.74. The summed E-state index contributed by atoms with van der Waals surface area (Å²) in [4.78, 5) is 1.13. The molecule has 1 unspecified atom stereocenters. The number of nitrogens with two attached hydrogens (primary N) is 1. The summed E-state index contributed by atoms with van der Waals surface area (Å²) in [5, 5.41) is 2.04. The number of hydrogen-bond acceptors (Lipinski definition) is 3. The SMILES string of the molecule is COc1ccc(C)cc1C(N)c1cc(Br)cs1. The van der Waals surface area contributed by atoms with E-state index in [0.29, 0.717) is 0 Å². The van der Waals surface area contributed by atoms with Crippen molar-refractivity contribution < 1.29 is 4.74 Å². The molecule has 1 heterocycles. The molecule has 17 heavy (non-hydrogen) atoms. The standard InChI is InChI=1S/C13H14BrNOS/c1-8-3-4-11(16-2)10(5-8)13(15)12-6-9(14)7-17-12/h3-7,13H,15H2,1-2H3. The van der Waals surface area contributed by atoms with Gasteiger partial charge in [-0.25, -0.2) is 0 Å². The quantitative estimate of drug-likeness (QED) is 0.933. The predicted octanol–water partition coefficient (Wildman–Crippen LogP) is 3.88. The molecule has 2 N–H and O–H groups in total. The van der Waals surface area contributed by atoms with Gasteiger partial charge in [-0.1, -0.05) is 17.7 Å². The van der Waals surface area contributed by atoms with E-state index in [9.17, 15) is 0 Å². The summed E-state index contributed by atoms with van der Waals surface area (Å²) >= 11 is 5.10. The van der Waals surface area contributed by atoms with Gasteiger partial charge < -0.3 is 10.5 Å². The molecule has 2 nitrogen and oxygen atoms in total. The number of rotatable bonds is 3. The third kappa shape index (κ3) is 2.70. The molecule has 0 bridgehead atoms. The highest BCUT2D eigenvalue weighted by Crippen LogP contribution is 2.33. The first-order chi connectivity index (χ1) is 8.11. The van der Waals surface area contributed by atoms with E-state index in [1.165, 1.54) is 5.56 Å². The molecule has 0 aliphatic rings. The van der Waals surface area contributed by atoms with E-state index in [1.54, 1.807) is 18.4 Å². The van der Waals surface area contributed by atoms with Gasteiger partial charge in [0.2, 0.25) is 0 Å². The van der Waals surface area contributed by atoms with E-state index in [-0.39, 0.29) is 6.04 Å². The minimum absolute atomic E-state index is 0.138. The molecule has 2 rings (SSSR count). The molecule has 1 atom stereocenters. The zero-order valence-corrected chi connectivity index (χ0v) is 12.1. The second-order valence-corrected chi connectivity index (χ2v) is 5.75. The van der Waals surface area contributed by atoms with Gasteiger partial charge >= 0.3 is 0 Å². The maximum absolute atomic E-state index is 6.28. The Hall–Kier alpha value is -0.840. The van der Waals surface area contributed by atoms with Crippen molar-refractivity contribution in [3.8, 4) is 5.75 Å². The molecule has 0 saturated carbocycles. The number of aryl methyl sites for hydroxylation is 1. The van der Waals surface area contributed by atoms with Gasteiger partial charge in [-0.15, -0.1) is 11.3 Å². The van der Waals surface area contributed by atoms with Crippen molar-refractivity contribution in [1.82, 2.24) is 0 Å². The fourth-order valence-corrected chi connectivity index (χ4v) is 3.21. The molecule has 0 fully saturated rings. The first-order valence-electron chi connectivity index (χ1n) is 5.26. The fraction of sp³-hybridized carbons (Fsp3) is 0.231. The van der Waals surface area contributed by atoms with Gasteiger partial charge in [0.25, 0.3) is 0 Å². The van der Waals surface area contributed by atoms with Crippen LogP contribution in [0.25, 0.3) is 0 Å². The van der Waals surface area contributed by atoms with Crippen molar-refractivity contribution in [2.75, 3.05) is 7.11 Å². The van der Waals surface area contributed by atoms with Gasteiger partial charge in [-0.05, 0) is 35.0 Å². The molecule has 0 spiro atoms. The van der Waals surface area contributed by atoms with Gasteiger partial charge in [0, 0.05) is 20.3 Å². The van der Waals surface area contributed by atoms with Crippen LogP contribution in [0.1, 0.15) is 22.0 Å². The molecule has 1 aromatic carbocycles. The predicted molar refractivity (Wildman–Crippen MR) is 75.8 cm³/mol. The minimum atomic E-state index is -0.138. The number of hydrogen-bond donors (Lipinski definition) is 1. The molecular formula is C13H14BrNOS. The number of halogens is 1. The summed E-state index contributed by atoms with van der Waals surface area (Å²) in [5.74, 6) is 0.840. The van der Waals surface area contributed by atoms with E-state index in [1.807, 2.05) is 17.5 Å². The van der Waals surface area contributed by atoms with E-state index in [4.69, 9.17) is 10.5 Å². The number of ether oxygens (including phenoxy) is 1. The third-order valence-corrected chi connectivity index (χ3v) is 4.39. The lowest BCUT2D eigenvalue weighted by molar-refractivity contribution is 0.408. The van der Waals surface area contributed by atoms with Crippen LogP contribution in [-0.4, -0.2) is 7.11 Å². The largest absolute Gasteiger partial charge is 0.496 e. The Morgan fingerprint density at radius 3 is 2.71 bits per heavy atom. The minimum Gasteiger partial charge on any atom is -0.496 e. The van der Waals surface area contributed by atoms with Crippen LogP contribution in [0.5, 0.6) is 5.75 Å². The van der Waals surface area contributed by atoms with Crippen LogP contribution in [0.4, 0.5) is 0 Å². The lowest BCUT2D eigenvalue weighted by Crippen LogP contribution is -2.11. The van der Waals surface area contributed by atoms with Crippen molar-refractivity contribution in [2.24, 2.45) is 5.73 Å². The van der Waals surface area contributed by atoms with Gasteiger partial charge in [0.15, 0.2) is 0 Å². The summed E-state index contributed by atoms with van der Waals surface area (Å²) in [5.41, 5.74) is 8.50. The van der Waals surface area contributed by atoms with Crippen LogP contribution >= 0.6 is 27.3 Å². The smallest absolute Gasteiger partial charge is 0.124 e. The molecule has 0 amide bonds. The Labute approximate surface area is 114 Å². The van der Waals surface area contributed by atoms with Gasteiger partial charge in [0.1, 0.15) is 5.75 Å². The summed E-state index contributed by atoms with van der Waals surface area (Å²) in [6, 6.07) is 7.99. The maximum Gasteiger partial charge on any atom is 0.124 e. The third-order valence-electron chi connectivity index (χ3n) is 2.61. The summed E-state index contributed by atoms with van der Waals surface area (Å²) < 4.78 is 6.43. The van der Waals surface area contributed by atoms with Crippen molar-refractivity contribution in [3.63, 3.8) is 0 Å². The van der Waals surface area contributed by atoms with Gasteiger partial charge in [0.05, 0.1) is 13.2 Å². The monoisotopic (exact) mass is 311 g/mol. The molecular weight excluding hydrogens is 298 g/mol. The molecule has 90 valence electrons. The molecule has 0 saturated heterocycles. The van der Waals surface area contributed by atoms with E-state index >= 15 is 0 Å². The lowest BCUT2D eigenvalue weighted by Gasteiger charge is -2.15. The summed E-state index contributed by atoms with van der Waals surface area (Å²) in [6.07, 6.45) is 0. The van der Waals surface area contributed by atoms with Crippen molar-refractivity contribution in [1.29, 1.82) is 0 Å². The number of thiophene rings is 1. The van der Waals surface area contributed by atoms with Crippen molar-refractivity contribution >= 4 is 27.3 Å². The summed E-state index contributed by atoms with van der Waals surface area (Å²) in [6.45, 7) is 2.06. The highest BCUT2D eigenvalue weighted by atomic mass is 79.9. The second-order valence-electron chi connectivity index (χ2n) is 3.89. The van der Waals surface area contributed by atoms with Crippen LogP contribution in [0.15, 0.2) is 34.1 Å². The highest BCUT2D eigenvalue weighted by molar-refractivity contribution is 9.10. The van der Waals surface area contributed by atoms with E-state index < -0.39 is 0 Å². The van der Waals surface area contributed by atoms with Crippen molar-refractivity contribution in [2.45, 2.75) is 13.0 Å². The Balaban J connectivity index is 2.42. The van der Waals surface area contributed by atoms with Crippen LogP contribution in [0, 0.1) is 6.92 Å². The molecule has 1 aromatic heterocycles. The average Bonchev–Trinajstić information content (AvgIpc) is 2.75. The zero-order chi connectivity index (χ0) is 12.4. The first kappa shape index (κ1) is 12.6. The van der Waals surface area contributed by atoms with Gasteiger partial charge in [-0.2, -0.15) is 0 Å². The Kier molecular flexibility index (Phi) is 3.86. The van der Waals surface area contributed by atoms with E-state index in [2.05, 4.69) is 35.0 Å². The van der Waals surface area contributed by atoms with E-state index in [0.717, 1.165) is 20.7 Å². The van der Waals surface area contributed by atoms with Crippen LogP contribution in [0.2, 0.25) is 0 Å².